The van der Waals surface area contributed by atoms with Crippen LogP contribution in [0.25, 0.3) is 10.9 Å². The molecule has 14 heteroatoms. The van der Waals surface area contributed by atoms with Crippen molar-refractivity contribution in [3.05, 3.63) is 51.1 Å². The molecule has 3 heterocycles. The van der Waals surface area contributed by atoms with E-state index < -0.39 is 25.6 Å². The molecule has 1 saturated carbocycles. The molecule has 11 nitrogen and oxygen atoms in total. The number of thiophene rings is 1. The highest BCUT2D eigenvalue weighted by atomic mass is 32.2. The van der Waals surface area contributed by atoms with E-state index in [-0.39, 0.29) is 39.2 Å². The van der Waals surface area contributed by atoms with Crippen molar-refractivity contribution in [1.82, 2.24) is 9.40 Å². The van der Waals surface area contributed by atoms with E-state index in [4.69, 9.17) is 0 Å². The molecule has 0 saturated heterocycles. The van der Waals surface area contributed by atoms with E-state index >= 15 is 0 Å². The first-order valence-corrected chi connectivity index (χ1v) is 14.5. The Kier molecular flexibility index (Phi) is 5.42. The van der Waals surface area contributed by atoms with Gasteiger partial charge in [-0.3, -0.25) is 4.79 Å². The molecule has 0 radical (unpaired) electrons. The van der Waals surface area contributed by atoms with E-state index in [2.05, 4.69) is 19.9 Å². The van der Waals surface area contributed by atoms with Gasteiger partial charge < -0.3 is 15.8 Å². The summed E-state index contributed by atoms with van der Waals surface area (Å²) in [7, 11) is -7.83. The number of sulfonamides is 2. The lowest BCUT2D eigenvalue weighted by Gasteiger charge is -2.20. The Morgan fingerprint density at radius 1 is 1.29 bits per heavy atom. The van der Waals surface area contributed by atoms with E-state index in [1.165, 1.54) is 10.1 Å². The third-order valence-corrected chi connectivity index (χ3v) is 8.72. The third-order valence-electron chi connectivity index (χ3n) is 5.57. The second-order valence-corrected chi connectivity index (χ2v) is 12.5. The average molecular weight is 524 g/mol. The minimum absolute atomic E-state index is 0.162. The van der Waals surface area contributed by atoms with Crippen molar-refractivity contribution in [1.29, 1.82) is 0 Å². The number of aromatic hydroxyl groups is 1. The second-order valence-electron chi connectivity index (χ2n) is 8.24. The molecule has 0 spiro atoms. The van der Waals surface area contributed by atoms with Crippen LogP contribution in [0.2, 0.25) is 0 Å². The Labute approximate surface area is 199 Å². The molecule has 1 fully saturated rings. The fourth-order valence-corrected chi connectivity index (χ4v) is 6.75. The van der Waals surface area contributed by atoms with Gasteiger partial charge in [-0.15, -0.1) is 15.7 Å². The highest BCUT2D eigenvalue weighted by Gasteiger charge is 2.33. The summed E-state index contributed by atoms with van der Waals surface area (Å²) in [4.78, 5) is 13.3. The predicted molar refractivity (Wildman–Crippen MR) is 130 cm³/mol. The first-order valence-electron chi connectivity index (χ1n) is 10.3. The fourth-order valence-electron chi connectivity index (χ4n) is 3.73. The quantitative estimate of drug-likeness (QED) is 0.361. The summed E-state index contributed by atoms with van der Waals surface area (Å²) in [5.41, 5.74) is 2.87. The number of aromatic nitrogens is 1. The standard InChI is InChI=1S/C20H21N5O6S3/c1-33(28,29)22-9-12-10-32-19-17(12)34(30,31)24-18(23-19)15-16(26)13-4-2-3-5-14(13)25(20(15)27)21-8-11-6-7-11/h2-5,10-11,21-22,26H,6-9H2,1H3,(H,23,24). The minimum Gasteiger partial charge on any atom is -0.506 e. The van der Waals surface area contributed by atoms with Gasteiger partial charge in [0.25, 0.3) is 15.6 Å². The highest BCUT2D eigenvalue weighted by Crippen LogP contribution is 2.38. The van der Waals surface area contributed by atoms with Crippen molar-refractivity contribution in [2.45, 2.75) is 24.3 Å². The molecule has 1 aliphatic heterocycles. The molecule has 1 aliphatic carbocycles. The van der Waals surface area contributed by atoms with Gasteiger partial charge in [-0.2, -0.15) is 8.42 Å². The molecule has 0 amide bonds. The highest BCUT2D eigenvalue weighted by molar-refractivity contribution is 7.91. The molecule has 0 atom stereocenters. The maximum atomic E-state index is 13.4. The number of pyridine rings is 1. The maximum absolute atomic E-state index is 13.4. The summed E-state index contributed by atoms with van der Waals surface area (Å²) in [6.07, 6.45) is 3.10. The van der Waals surface area contributed by atoms with Crippen molar-refractivity contribution in [2.24, 2.45) is 10.3 Å². The summed E-state index contributed by atoms with van der Waals surface area (Å²) in [6.45, 7) is 0.341. The van der Waals surface area contributed by atoms with Gasteiger partial charge in [0, 0.05) is 24.0 Å². The molecule has 34 heavy (non-hydrogen) atoms. The lowest BCUT2D eigenvalue weighted by molar-refractivity contribution is 0.478. The number of rotatable bonds is 7. The lowest BCUT2D eigenvalue weighted by Crippen LogP contribution is -2.37. The smallest absolute Gasteiger partial charge is 0.287 e. The van der Waals surface area contributed by atoms with Gasteiger partial charge in [-0.05, 0) is 36.3 Å². The SMILES string of the molecule is CS(=O)(=O)NCc1csc2c1S(=O)(=O)N=C(c1c(O)c3ccccc3n(NCC3CC3)c1=O)N2. The summed E-state index contributed by atoms with van der Waals surface area (Å²) in [5.74, 6) is -0.223. The minimum atomic E-state index is -4.29. The molecule has 2 aliphatic rings. The van der Waals surface area contributed by atoms with Crippen LogP contribution in [0.1, 0.15) is 24.0 Å². The molecule has 3 aromatic rings. The molecule has 1 aromatic carbocycles. The van der Waals surface area contributed by atoms with E-state index in [1.807, 2.05) is 0 Å². The van der Waals surface area contributed by atoms with Crippen LogP contribution < -0.4 is 21.0 Å². The number of benzene rings is 1. The summed E-state index contributed by atoms with van der Waals surface area (Å²) in [5, 5.41) is 15.9. The van der Waals surface area contributed by atoms with E-state index in [9.17, 15) is 26.7 Å². The zero-order valence-corrected chi connectivity index (χ0v) is 20.3. The fraction of sp³-hybridized carbons (Fsp3) is 0.300. The molecule has 0 unspecified atom stereocenters. The number of hydrogen-bond acceptors (Lipinski definition) is 9. The lowest BCUT2D eigenvalue weighted by atomic mass is 10.1. The number of nitrogens with zero attached hydrogens (tertiary/aromatic N) is 2. The normalized spacial score (nSPS) is 17.1. The first kappa shape index (κ1) is 22.8. The van der Waals surface area contributed by atoms with Crippen LogP contribution in [0.3, 0.4) is 0 Å². The third kappa shape index (κ3) is 4.17. The number of amidine groups is 1. The van der Waals surface area contributed by atoms with Crippen LogP contribution in [0.4, 0.5) is 5.00 Å². The van der Waals surface area contributed by atoms with E-state index in [0.717, 1.165) is 30.4 Å². The largest absolute Gasteiger partial charge is 0.506 e. The molecule has 180 valence electrons. The maximum Gasteiger partial charge on any atom is 0.287 e. The van der Waals surface area contributed by atoms with Gasteiger partial charge in [0.2, 0.25) is 10.0 Å². The number of fused-ring (bicyclic) bond motifs is 2. The van der Waals surface area contributed by atoms with Gasteiger partial charge in [0.1, 0.15) is 21.2 Å². The van der Waals surface area contributed by atoms with Crippen molar-refractivity contribution >= 4 is 53.1 Å². The van der Waals surface area contributed by atoms with Crippen molar-refractivity contribution in [3.8, 4) is 5.75 Å². The molecule has 2 aromatic heterocycles. The van der Waals surface area contributed by atoms with Crippen LogP contribution >= 0.6 is 11.3 Å². The van der Waals surface area contributed by atoms with Gasteiger partial charge in [-0.1, -0.05) is 12.1 Å². The number of hydrogen-bond donors (Lipinski definition) is 4. The monoisotopic (exact) mass is 523 g/mol. The van der Waals surface area contributed by atoms with Gasteiger partial charge in [0.05, 0.1) is 11.8 Å². The Hall–Kier alpha value is -2.94. The first-order chi connectivity index (χ1) is 16.0. The summed E-state index contributed by atoms with van der Waals surface area (Å²) < 4.78 is 56.3. The number of para-hydroxylation sites is 1. The van der Waals surface area contributed by atoms with Crippen LogP contribution in [0.5, 0.6) is 5.75 Å². The van der Waals surface area contributed by atoms with Crippen LogP contribution in [0.15, 0.2) is 43.7 Å². The van der Waals surface area contributed by atoms with Crippen molar-refractivity contribution < 1.29 is 21.9 Å². The topological polar surface area (TPSA) is 159 Å². The molecular formula is C20H21N5O6S3. The molecular weight excluding hydrogens is 502 g/mol. The summed E-state index contributed by atoms with van der Waals surface area (Å²) >= 11 is 1.03. The van der Waals surface area contributed by atoms with Crippen molar-refractivity contribution in [2.75, 3.05) is 23.5 Å². The average Bonchev–Trinajstić information content (AvgIpc) is 3.49. The Bertz CT molecular complexity index is 1620. The van der Waals surface area contributed by atoms with E-state index in [1.54, 1.807) is 24.3 Å². The van der Waals surface area contributed by atoms with Crippen molar-refractivity contribution in [3.63, 3.8) is 0 Å². The molecule has 0 bridgehead atoms. The Balaban J connectivity index is 1.62. The molecule has 4 N–H and O–H groups in total. The summed E-state index contributed by atoms with van der Waals surface area (Å²) in [6, 6.07) is 6.76. The van der Waals surface area contributed by atoms with Crippen LogP contribution in [-0.2, 0) is 26.6 Å². The Morgan fingerprint density at radius 2 is 2.03 bits per heavy atom. The van der Waals surface area contributed by atoms with Gasteiger partial charge >= 0.3 is 0 Å². The molecule has 5 rings (SSSR count). The zero-order valence-electron chi connectivity index (χ0n) is 17.9. The second kappa shape index (κ2) is 8.08. The number of anilines is 1. The number of nitrogens with one attached hydrogen (secondary N) is 3. The van der Waals surface area contributed by atoms with Gasteiger partial charge in [-0.25, -0.2) is 17.8 Å². The zero-order chi connectivity index (χ0) is 24.3. The van der Waals surface area contributed by atoms with Crippen LogP contribution in [0, 0.1) is 5.92 Å². The predicted octanol–water partition coefficient (Wildman–Crippen LogP) is 1.33. The van der Waals surface area contributed by atoms with Crippen LogP contribution in [-0.4, -0.2) is 45.3 Å². The Morgan fingerprint density at radius 3 is 2.74 bits per heavy atom. The van der Waals surface area contributed by atoms with Gasteiger partial charge in [0.15, 0.2) is 5.84 Å². The van der Waals surface area contributed by atoms with E-state index in [0.29, 0.717) is 23.4 Å².